The van der Waals surface area contributed by atoms with Gasteiger partial charge in [0.05, 0.1) is 0 Å². The van der Waals surface area contributed by atoms with Crippen LogP contribution >= 0.6 is 12.6 Å². The topological polar surface area (TPSA) is 12.0 Å². The molecule has 0 aliphatic rings. The van der Waals surface area contributed by atoms with Crippen LogP contribution in [-0.2, 0) is 6.42 Å². The Morgan fingerprint density at radius 3 is 2.47 bits per heavy atom. The molecule has 0 aliphatic heterocycles. The van der Waals surface area contributed by atoms with E-state index in [2.05, 4.69) is 56.1 Å². The van der Waals surface area contributed by atoms with Gasteiger partial charge in [-0.25, -0.2) is 0 Å². The average molecular weight is 223 g/mol. The summed E-state index contributed by atoms with van der Waals surface area (Å²) < 4.78 is 0. The van der Waals surface area contributed by atoms with Crippen LogP contribution in [0, 0.1) is 0 Å². The molecule has 0 spiro atoms. The van der Waals surface area contributed by atoms with Crippen LogP contribution in [0.3, 0.4) is 0 Å². The van der Waals surface area contributed by atoms with Gasteiger partial charge < -0.3 is 5.32 Å². The van der Waals surface area contributed by atoms with Crippen molar-refractivity contribution in [3.63, 3.8) is 0 Å². The van der Waals surface area contributed by atoms with E-state index in [4.69, 9.17) is 0 Å². The average Bonchev–Trinajstić information content (AvgIpc) is 2.29. The first kappa shape index (κ1) is 12.6. The molecule has 0 heterocycles. The van der Waals surface area contributed by atoms with E-state index in [9.17, 15) is 0 Å². The van der Waals surface area contributed by atoms with Crippen LogP contribution in [0.5, 0.6) is 0 Å². The van der Waals surface area contributed by atoms with E-state index >= 15 is 0 Å². The zero-order chi connectivity index (χ0) is 11.1. The van der Waals surface area contributed by atoms with Gasteiger partial charge in [0, 0.05) is 5.88 Å². The van der Waals surface area contributed by atoms with E-state index in [1.165, 1.54) is 17.5 Å². The second-order valence-electron chi connectivity index (χ2n) is 3.96. The molecule has 0 amide bonds. The standard InChI is InChI=1S/C13H21NS/c1-3-11(2)13-6-4-12(5-7-13)8-9-14-10-15/h4-7,11,14-15H,3,8-10H2,1-2H3. The van der Waals surface area contributed by atoms with Crippen LogP contribution < -0.4 is 5.32 Å². The smallest absolute Gasteiger partial charge is 0.0387 e. The van der Waals surface area contributed by atoms with Crippen molar-refractivity contribution in [2.75, 3.05) is 12.4 Å². The number of thiol groups is 1. The molecule has 0 fully saturated rings. The largest absolute Gasteiger partial charge is 0.308 e. The van der Waals surface area contributed by atoms with E-state index in [1.807, 2.05) is 0 Å². The van der Waals surface area contributed by atoms with Gasteiger partial charge in [-0.3, -0.25) is 0 Å². The summed E-state index contributed by atoms with van der Waals surface area (Å²) in [6.45, 7) is 5.51. The minimum Gasteiger partial charge on any atom is -0.308 e. The third-order valence-electron chi connectivity index (χ3n) is 2.86. The Kier molecular flexibility index (Phi) is 5.81. The lowest BCUT2D eigenvalue weighted by Gasteiger charge is -2.09. The van der Waals surface area contributed by atoms with E-state index in [1.54, 1.807) is 0 Å². The molecule has 0 aromatic heterocycles. The molecule has 0 saturated heterocycles. The fourth-order valence-electron chi connectivity index (χ4n) is 1.56. The summed E-state index contributed by atoms with van der Waals surface area (Å²) >= 11 is 4.11. The van der Waals surface area contributed by atoms with Crippen molar-refractivity contribution < 1.29 is 0 Å². The maximum Gasteiger partial charge on any atom is 0.0387 e. The summed E-state index contributed by atoms with van der Waals surface area (Å²) in [6, 6.07) is 8.98. The zero-order valence-electron chi connectivity index (χ0n) is 9.66. The molecule has 1 atom stereocenters. The van der Waals surface area contributed by atoms with Gasteiger partial charge in [0.2, 0.25) is 0 Å². The van der Waals surface area contributed by atoms with Crippen molar-refractivity contribution in [1.29, 1.82) is 0 Å². The van der Waals surface area contributed by atoms with Crippen LogP contribution in [0.25, 0.3) is 0 Å². The predicted molar refractivity (Wildman–Crippen MR) is 70.7 cm³/mol. The third-order valence-corrected chi connectivity index (χ3v) is 3.09. The van der Waals surface area contributed by atoms with Crippen molar-refractivity contribution in [2.24, 2.45) is 0 Å². The minimum absolute atomic E-state index is 0.676. The molecule has 1 aromatic rings. The van der Waals surface area contributed by atoms with Crippen LogP contribution in [0.15, 0.2) is 24.3 Å². The Labute approximate surface area is 98.7 Å². The Hall–Kier alpha value is -0.470. The van der Waals surface area contributed by atoms with Gasteiger partial charge in [0.1, 0.15) is 0 Å². The normalized spacial score (nSPS) is 12.7. The molecule has 0 bridgehead atoms. The second-order valence-corrected chi connectivity index (χ2v) is 4.28. The first-order valence-corrected chi connectivity index (χ1v) is 6.31. The quantitative estimate of drug-likeness (QED) is 0.429. The molecule has 1 nitrogen and oxygen atoms in total. The highest BCUT2D eigenvalue weighted by atomic mass is 32.1. The summed E-state index contributed by atoms with van der Waals surface area (Å²) in [5, 5.41) is 3.21. The summed E-state index contributed by atoms with van der Waals surface area (Å²) in [5.74, 6) is 1.43. The highest BCUT2D eigenvalue weighted by Crippen LogP contribution is 2.18. The summed E-state index contributed by atoms with van der Waals surface area (Å²) in [5.41, 5.74) is 2.85. The fourth-order valence-corrected chi connectivity index (χ4v) is 1.72. The Balaban J connectivity index is 2.49. The monoisotopic (exact) mass is 223 g/mol. The molecular weight excluding hydrogens is 202 g/mol. The van der Waals surface area contributed by atoms with Crippen molar-refractivity contribution in [1.82, 2.24) is 5.32 Å². The second kappa shape index (κ2) is 6.91. The number of rotatable bonds is 6. The third kappa shape index (κ3) is 4.27. The molecule has 1 N–H and O–H groups in total. The Bertz CT molecular complexity index is 268. The maximum absolute atomic E-state index is 4.11. The van der Waals surface area contributed by atoms with Gasteiger partial charge in [0.25, 0.3) is 0 Å². The van der Waals surface area contributed by atoms with Gasteiger partial charge in [-0.1, -0.05) is 38.1 Å². The van der Waals surface area contributed by atoms with Crippen molar-refractivity contribution in [3.05, 3.63) is 35.4 Å². The van der Waals surface area contributed by atoms with Crippen LogP contribution in [0.4, 0.5) is 0 Å². The van der Waals surface area contributed by atoms with Crippen LogP contribution in [0.1, 0.15) is 37.3 Å². The molecule has 15 heavy (non-hydrogen) atoms. The summed E-state index contributed by atoms with van der Waals surface area (Å²) in [7, 11) is 0. The van der Waals surface area contributed by atoms with E-state index in [-0.39, 0.29) is 0 Å². The Morgan fingerprint density at radius 2 is 1.93 bits per heavy atom. The zero-order valence-corrected chi connectivity index (χ0v) is 10.6. The first-order chi connectivity index (χ1) is 7.27. The molecule has 1 aromatic carbocycles. The number of hydrogen-bond acceptors (Lipinski definition) is 2. The van der Waals surface area contributed by atoms with Crippen LogP contribution in [0.2, 0.25) is 0 Å². The number of benzene rings is 1. The van der Waals surface area contributed by atoms with E-state index in [0.717, 1.165) is 18.8 Å². The molecular formula is C13H21NS. The lowest BCUT2D eigenvalue weighted by atomic mass is 9.97. The molecule has 2 heteroatoms. The van der Waals surface area contributed by atoms with Gasteiger partial charge in [-0.05, 0) is 36.4 Å². The van der Waals surface area contributed by atoms with Gasteiger partial charge in [-0.15, -0.1) is 0 Å². The molecule has 0 aliphatic carbocycles. The fraction of sp³-hybridized carbons (Fsp3) is 0.538. The lowest BCUT2D eigenvalue weighted by Crippen LogP contribution is -2.14. The molecule has 0 saturated carbocycles. The molecule has 84 valence electrons. The van der Waals surface area contributed by atoms with Crippen molar-refractivity contribution in [3.8, 4) is 0 Å². The first-order valence-electron chi connectivity index (χ1n) is 5.68. The van der Waals surface area contributed by atoms with Crippen molar-refractivity contribution >= 4 is 12.6 Å². The maximum atomic E-state index is 4.11. The van der Waals surface area contributed by atoms with Crippen LogP contribution in [-0.4, -0.2) is 12.4 Å². The minimum atomic E-state index is 0.676. The number of nitrogens with one attached hydrogen (secondary N) is 1. The van der Waals surface area contributed by atoms with Crippen molar-refractivity contribution in [2.45, 2.75) is 32.6 Å². The SMILES string of the molecule is CCC(C)c1ccc(CCNCS)cc1. The Morgan fingerprint density at radius 1 is 1.27 bits per heavy atom. The molecule has 0 radical (unpaired) electrons. The summed E-state index contributed by atoms with van der Waals surface area (Å²) in [6.07, 6.45) is 2.29. The highest BCUT2D eigenvalue weighted by molar-refractivity contribution is 7.80. The molecule has 1 unspecified atom stereocenters. The number of hydrogen-bond donors (Lipinski definition) is 2. The van der Waals surface area contributed by atoms with Gasteiger partial charge >= 0.3 is 0 Å². The predicted octanol–water partition coefficient (Wildman–Crippen LogP) is 3.22. The van der Waals surface area contributed by atoms with E-state index in [0.29, 0.717) is 5.92 Å². The van der Waals surface area contributed by atoms with Gasteiger partial charge in [-0.2, -0.15) is 12.6 Å². The lowest BCUT2D eigenvalue weighted by molar-refractivity contribution is 0.731. The van der Waals surface area contributed by atoms with E-state index < -0.39 is 0 Å². The van der Waals surface area contributed by atoms with Gasteiger partial charge in [0.15, 0.2) is 0 Å². The molecule has 1 rings (SSSR count). The summed E-state index contributed by atoms with van der Waals surface area (Å²) in [4.78, 5) is 0. The highest BCUT2D eigenvalue weighted by Gasteiger charge is 2.01.